The molecular weight excluding hydrogens is 200 g/mol. The number of aliphatic hydroxyl groups excluding tert-OH is 1. The van der Waals surface area contributed by atoms with Gasteiger partial charge in [-0.3, -0.25) is 4.79 Å². The molecular formula is C14H18O2. The van der Waals surface area contributed by atoms with Gasteiger partial charge in [-0.2, -0.15) is 0 Å². The lowest BCUT2D eigenvalue weighted by Crippen LogP contribution is -2.26. The van der Waals surface area contributed by atoms with Crippen molar-refractivity contribution in [3.63, 3.8) is 0 Å². The molecule has 0 radical (unpaired) electrons. The fourth-order valence-corrected chi connectivity index (χ4v) is 2.38. The Kier molecular flexibility index (Phi) is 3.39. The molecule has 1 aliphatic rings. The van der Waals surface area contributed by atoms with Crippen LogP contribution in [-0.4, -0.2) is 17.0 Å². The van der Waals surface area contributed by atoms with E-state index >= 15 is 0 Å². The second-order valence-corrected chi connectivity index (χ2v) is 4.55. The molecule has 1 aromatic rings. The van der Waals surface area contributed by atoms with Gasteiger partial charge in [0.15, 0.2) is 5.78 Å². The lowest BCUT2D eigenvalue weighted by Gasteiger charge is -2.24. The topological polar surface area (TPSA) is 37.3 Å². The minimum Gasteiger partial charge on any atom is -0.393 e. The Morgan fingerprint density at radius 1 is 1.44 bits per heavy atom. The Labute approximate surface area is 96.3 Å². The molecule has 16 heavy (non-hydrogen) atoms. The number of hydrogen-bond donors (Lipinski definition) is 1. The van der Waals surface area contributed by atoms with Gasteiger partial charge in [-0.25, -0.2) is 0 Å². The number of ketones is 1. The number of carbonyl (C=O) groups excluding carboxylic acids is 1. The van der Waals surface area contributed by atoms with Gasteiger partial charge < -0.3 is 5.11 Å². The van der Waals surface area contributed by atoms with Gasteiger partial charge >= 0.3 is 0 Å². The van der Waals surface area contributed by atoms with Crippen molar-refractivity contribution in [1.82, 2.24) is 0 Å². The number of aryl methyl sites for hydroxylation is 1. The van der Waals surface area contributed by atoms with Crippen molar-refractivity contribution >= 4 is 5.78 Å². The molecule has 0 bridgehead atoms. The van der Waals surface area contributed by atoms with Crippen LogP contribution in [-0.2, 0) is 6.42 Å². The molecule has 0 heterocycles. The van der Waals surface area contributed by atoms with Crippen molar-refractivity contribution in [3.8, 4) is 0 Å². The first-order chi connectivity index (χ1) is 7.72. The predicted molar refractivity (Wildman–Crippen MR) is 63.5 cm³/mol. The quantitative estimate of drug-likeness (QED) is 0.846. The van der Waals surface area contributed by atoms with Crippen LogP contribution in [0.25, 0.3) is 0 Å². The Bertz CT molecular complexity index is 384. The van der Waals surface area contributed by atoms with Crippen LogP contribution in [0.15, 0.2) is 24.3 Å². The average Bonchev–Trinajstić information content (AvgIpc) is 2.33. The normalized spacial score (nSPS) is 21.6. The number of Topliss-reactive ketones (excluding diaryl/α,β-unsaturated/α-hetero) is 1. The molecule has 0 aliphatic heterocycles. The first-order valence-electron chi connectivity index (χ1n) is 6.02. The van der Waals surface area contributed by atoms with Gasteiger partial charge in [0.05, 0.1) is 6.10 Å². The van der Waals surface area contributed by atoms with Crippen molar-refractivity contribution < 1.29 is 9.90 Å². The van der Waals surface area contributed by atoms with Crippen LogP contribution in [0.2, 0.25) is 0 Å². The lowest BCUT2D eigenvalue weighted by molar-refractivity contribution is 0.0803. The largest absolute Gasteiger partial charge is 0.393 e. The highest BCUT2D eigenvalue weighted by Gasteiger charge is 2.28. The van der Waals surface area contributed by atoms with Crippen molar-refractivity contribution in [1.29, 1.82) is 0 Å². The highest BCUT2D eigenvalue weighted by molar-refractivity contribution is 6.00. The summed E-state index contributed by atoms with van der Waals surface area (Å²) >= 11 is 0. The van der Waals surface area contributed by atoms with Gasteiger partial charge in [0.1, 0.15) is 0 Å². The van der Waals surface area contributed by atoms with E-state index in [4.69, 9.17) is 0 Å². The van der Waals surface area contributed by atoms with E-state index in [9.17, 15) is 9.90 Å². The first-order valence-corrected chi connectivity index (χ1v) is 6.02. The summed E-state index contributed by atoms with van der Waals surface area (Å²) in [6, 6.07) is 7.82. The smallest absolute Gasteiger partial charge is 0.166 e. The van der Waals surface area contributed by atoms with Gasteiger partial charge in [-0.15, -0.1) is 0 Å². The second-order valence-electron chi connectivity index (χ2n) is 4.55. The molecule has 0 saturated carbocycles. The van der Waals surface area contributed by atoms with E-state index in [0.29, 0.717) is 6.42 Å². The van der Waals surface area contributed by atoms with Gasteiger partial charge in [-0.05, 0) is 31.2 Å². The fourth-order valence-electron chi connectivity index (χ4n) is 2.38. The van der Waals surface area contributed by atoms with E-state index in [0.717, 1.165) is 30.4 Å². The van der Waals surface area contributed by atoms with Crippen LogP contribution in [0.5, 0.6) is 0 Å². The van der Waals surface area contributed by atoms with Crippen LogP contribution >= 0.6 is 0 Å². The summed E-state index contributed by atoms with van der Waals surface area (Å²) in [5.41, 5.74) is 2.02. The minimum absolute atomic E-state index is 0.0184. The van der Waals surface area contributed by atoms with Crippen LogP contribution in [0.1, 0.15) is 42.1 Å². The third-order valence-corrected chi connectivity index (χ3v) is 3.44. The van der Waals surface area contributed by atoms with E-state index in [1.54, 1.807) is 0 Å². The molecule has 0 spiro atoms. The van der Waals surface area contributed by atoms with Gasteiger partial charge in [0.2, 0.25) is 0 Å². The number of aliphatic hydroxyl groups is 1. The third-order valence-electron chi connectivity index (χ3n) is 3.44. The molecule has 0 aromatic heterocycles. The average molecular weight is 218 g/mol. The molecule has 0 fully saturated rings. The lowest BCUT2D eigenvalue weighted by atomic mass is 9.80. The predicted octanol–water partition coefficient (Wildman–Crippen LogP) is 2.59. The Morgan fingerprint density at radius 3 is 2.94 bits per heavy atom. The van der Waals surface area contributed by atoms with Crippen molar-refractivity contribution in [3.05, 3.63) is 35.4 Å². The standard InChI is InChI=1S/C14H18O2/c1-2-12(15)9-11-8-7-10-5-3-4-6-13(10)14(11)16/h3-6,11-12,15H,2,7-9H2,1H3. The van der Waals surface area contributed by atoms with Gasteiger partial charge in [0, 0.05) is 11.5 Å². The van der Waals surface area contributed by atoms with Crippen molar-refractivity contribution in [2.24, 2.45) is 5.92 Å². The highest BCUT2D eigenvalue weighted by atomic mass is 16.3. The maximum Gasteiger partial charge on any atom is 0.166 e. The molecule has 86 valence electrons. The monoisotopic (exact) mass is 218 g/mol. The van der Waals surface area contributed by atoms with Crippen LogP contribution < -0.4 is 0 Å². The Hall–Kier alpha value is -1.15. The van der Waals surface area contributed by atoms with E-state index in [-0.39, 0.29) is 17.8 Å². The highest BCUT2D eigenvalue weighted by Crippen LogP contribution is 2.28. The third kappa shape index (κ3) is 2.17. The van der Waals surface area contributed by atoms with Crippen molar-refractivity contribution in [2.75, 3.05) is 0 Å². The fraction of sp³-hybridized carbons (Fsp3) is 0.500. The van der Waals surface area contributed by atoms with E-state index in [1.165, 1.54) is 0 Å². The van der Waals surface area contributed by atoms with Crippen LogP contribution in [0, 0.1) is 5.92 Å². The SMILES string of the molecule is CCC(O)CC1CCc2ccccc2C1=O. The molecule has 1 aromatic carbocycles. The molecule has 0 amide bonds. The van der Waals surface area contributed by atoms with E-state index < -0.39 is 0 Å². The zero-order valence-electron chi connectivity index (χ0n) is 9.65. The molecule has 1 aliphatic carbocycles. The summed E-state index contributed by atoms with van der Waals surface area (Å²) in [5, 5.41) is 9.62. The summed E-state index contributed by atoms with van der Waals surface area (Å²) in [5.74, 6) is 0.235. The van der Waals surface area contributed by atoms with Gasteiger partial charge in [0.25, 0.3) is 0 Å². The minimum atomic E-state index is -0.334. The molecule has 2 unspecified atom stereocenters. The first kappa shape index (κ1) is 11.3. The van der Waals surface area contributed by atoms with E-state index in [1.807, 2.05) is 31.2 Å². The zero-order chi connectivity index (χ0) is 11.5. The molecule has 2 atom stereocenters. The van der Waals surface area contributed by atoms with Gasteiger partial charge in [-0.1, -0.05) is 31.2 Å². The Morgan fingerprint density at radius 2 is 2.19 bits per heavy atom. The number of benzene rings is 1. The molecule has 2 rings (SSSR count). The molecule has 2 heteroatoms. The maximum atomic E-state index is 12.2. The number of fused-ring (bicyclic) bond motifs is 1. The van der Waals surface area contributed by atoms with Crippen LogP contribution in [0.4, 0.5) is 0 Å². The van der Waals surface area contributed by atoms with Crippen molar-refractivity contribution in [2.45, 2.75) is 38.7 Å². The maximum absolute atomic E-state index is 12.2. The van der Waals surface area contributed by atoms with E-state index in [2.05, 4.69) is 0 Å². The summed E-state index contributed by atoms with van der Waals surface area (Å²) in [6.07, 6.45) is 2.85. The molecule has 1 N–H and O–H groups in total. The number of carbonyl (C=O) groups is 1. The zero-order valence-corrected chi connectivity index (χ0v) is 9.65. The number of hydrogen-bond acceptors (Lipinski definition) is 2. The molecule has 2 nitrogen and oxygen atoms in total. The summed E-state index contributed by atoms with van der Waals surface area (Å²) in [7, 11) is 0. The summed E-state index contributed by atoms with van der Waals surface area (Å²) in [4.78, 5) is 12.2. The second kappa shape index (κ2) is 4.79. The van der Waals surface area contributed by atoms with Crippen LogP contribution in [0.3, 0.4) is 0 Å². The summed E-state index contributed by atoms with van der Waals surface area (Å²) < 4.78 is 0. The Balaban J connectivity index is 2.15. The number of rotatable bonds is 3. The summed E-state index contributed by atoms with van der Waals surface area (Å²) in [6.45, 7) is 1.95. The molecule has 0 saturated heterocycles.